The van der Waals surface area contributed by atoms with Gasteiger partial charge in [-0.05, 0) is 43.8 Å². The molecule has 2 bridgehead atoms. The van der Waals surface area contributed by atoms with Gasteiger partial charge < -0.3 is 5.11 Å². The topological polar surface area (TPSA) is 153 Å². The second kappa shape index (κ2) is 8.16. The van der Waals surface area contributed by atoms with Crippen LogP contribution >= 0.6 is 11.3 Å². The smallest absolute Gasteiger partial charge is 0.324 e. The number of thiophene rings is 1. The van der Waals surface area contributed by atoms with Gasteiger partial charge in [-0.3, -0.25) is 35.2 Å². The maximum Gasteiger partial charge on any atom is 0.324 e. The number of fused-ring (bicyclic) bond motifs is 4. The van der Waals surface area contributed by atoms with E-state index in [1.807, 2.05) is 11.3 Å². The summed E-state index contributed by atoms with van der Waals surface area (Å²) in [6.45, 7) is 2.27. The maximum absolute atomic E-state index is 10.4. The van der Waals surface area contributed by atoms with Gasteiger partial charge in [-0.2, -0.15) is 0 Å². The Hall–Kier alpha value is -3.38. The van der Waals surface area contributed by atoms with E-state index in [0.717, 1.165) is 0 Å². The van der Waals surface area contributed by atoms with Crippen molar-refractivity contribution in [2.75, 3.05) is 7.05 Å². The number of hydrogen-bond donors (Lipinski definition) is 1. The second-order valence-corrected chi connectivity index (χ2v) is 8.03. The number of phenols is 1. The fourth-order valence-corrected chi connectivity index (χ4v) is 4.77. The van der Waals surface area contributed by atoms with Gasteiger partial charge >= 0.3 is 11.4 Å². The summed E-state index contributed by atoms with van der Waals surface area (Å²) in [6, 6.07) is 4.51. The van der Waals surface area contributed by atoms with E-state index in [2.05, 4.69) is 36.4 Å². The SMILES string of the molecule is CC1=CC2Cc3ccsc3C(C1)N2C.O=[N+]([O-])c1cc([N+](=O)[O-])c(O)c([N+](=O)[O-])c1. The van der Waals surface area contributed by atoms with Gasteiger partial charge in [0, 0.05) is 17.0 Å². The molecule has 12 heteroatoms. The lowest BCUT2D eigenvalue weighted by atomic mass is 9.86. The van der Waals surface area contributed by atoms with Crippen molar-refractivity contribution in [1.29, 1.82) is 0 Å². The van der Waals surface area contributed by atoms with E-state index in [0.29, 0.717) is 24.2 Å². The maximum atomic E-state index is 10.4. The highest BCUT2D eigenvalue weighted by molar-refractivity contribution is 7.10. The first-order valence-corrected chi connectivity index (χ1v) is 9.73. The molecule has 2 aliphatic rings. The Labute approximate surface area is 174 Å². The van der Waals surface area contributed by atoms with E-state index in [9.17, 15) is 30.3 Å². The first-order chi connectivity index (χ1) is 14.1. The molecule has 2 aliphatic heterocycles. The van der Waals surface area contributed by atoms with Crippen LogP contribution in [0.1, 0.15) is 29.8 Å². The average molecular weight is 434 g/mol. The van der Waals surface area contributed by atoms with E-state index in [-0.39, 0.29) is 0 Å². The Kier molecular flexibility index (Phi) is 5.80. The van der Waals surface area contributed by atoms with E-state index >= 15 is 0 Å². The van der Waals surface area contributed by atoms with Crippen LogP contribution in [0.25, 0.3) is 0 Å². The molecule has 11 nitrogen and oxygen atoms in total. The summed E-state index contributed by atoms with van der Waals surface area (Å²) >= 11 is 1.93. The van der Waals surface area contributed by atoms with E-state index in [4.69, 9.17) is 5.11 Å². The van der Waals surface area contributed by atoms with Crippen LogP contribution in [-0.4, -0.2) is 37.9 Å². The van der Waals surface area contributed by atoms with Crippen LogP contribution in [0.15, 0.2) is 35.2 Å². The minimum atomic E-state index is -1.21. The number of hydrogen-bond acceptors (Lipinski definition) is 9. The number of rotatable bonds is 3. The largest absolute Gasteiger partial charge is 0.497 e. The number of phenolic OH excluding ortho intramolecular Hbond substituents is 1. The Balaban J connectivity index is 0.000000171. The number of aromatic hydroxyl groups is 1. The second-order valence-electron chi connectivity index (χ2n) is 7.08. The zero-order valence-corrected chi connectivity index (χ0v) is 16.9. The van der Waals surface area contributed by atoms with Crippen molar-refractivity contribution in [3.05, 3.63) is 76.0 Å². The number of non-ortho nitro benzene ring substituents is 1. The molecule has 1 aromatic carbocycles. The van der Waals surface area contributed by atoms with E-state index in [1.54, 1.807) is 16.0 Å². The normalized spacial score (nSPS) is 19.7. The highest BCUT2D eigenvalue weighted by atomic mass is 32.1. The monoisotopic (exact) mass is 434 g/mol. The van der Waals surface area contributed by atoms with Gasteiger partial charge in [-0.15, -0.1) is 11.3 Å². The van der Waals surface area contributed by atoms with Crippen molar-refractivity contribution in [3.8, 4) is 5.75 Å². The van der Waals surface area contributed by atoms with Crippen molar-refractivity contribution in [3.63, 3.8) is 0 Å². The van der Waals surface area contributed by atoms with Crippen LogP contribution in [0.4, 0.5) is 17.1 Å². The lowest BCUT2D eigenvalue weighted by Crippen LogP contribution is -2.41. The Morgan fingerprint density at radius 3 is 2.20 bits per heavy atom. The molecule has 1 aromatic heterocycles. The third kappa shape index (κ3) is 4.00. The number of nitro benzene ring substituents is 3. The van der Waals surface area contributed by atoms with Gasteiger partial charge in [0.25, 0.3) is 11.4 Å². The predicted octanol–water partition coefficient (Wildman–Crippen LogP) is 4.11. The zero-order valence-electron chi connectivity index (χ0n) is 16.0. The predicted molar refractivity (Wildman–Crippen MR) is 109 cm³/mol. The number of nitro groups is 3. The number of benzene rings is 1. The molecule has 0 radical (unpaired) electrons. The Bertz CT molecular complexity index is 1030. The standard InChI is InChI=1S/C12H15NS.C6H3N3O7/c1-8-5-10-7-9-3-4-14-12(9)11(6-8)13(10)2;10-6-4(8(13)14)1-3(7(11)12)2-5(6)9(15)16/h3-5,10-11H,6-7H2,1-2H3;1-2,10H. The van der Waals surface area contributed by atoms with E-state index < -0.39 is 37.6 Å². The van der Waals surface area contributed by atoms with Gasteiger partial charge in [0.05, 0.1) is 26.9 Å². The van der Waals surface area contributed by atoms with Gasteiger partial charge in [0.2, 0.25) is 0 Å². The summed E-state index contributed by atoms with van der Waals surface area (Å²) in [7, 11) is 2.26. The molecule has 2 unspecified atom stereocenters. The fraction of sp³-hybridized carbons (Fsp3) is 0.333. The molecule has 0 saturated heterocycles. The van der Waals surface area contributed by atoms with Gasteiger partial charge in [0.1, 0.15) is 0 Å². The summed E-state index contributed by atoms with van der Waals surface area (Å²) in [6.07, 6.45) is 4.88. The summed E-state index contributed by atoms with van der Waals surface area (Å²) in [5.41, 5.74) is 0.155. The molecule has 0 amide bonds. The minimum absolute atomic E-state index is 0.447. The molecule has 4 rings (SSSR count). The minimum Gasteiger partial charge on any atom is -0.497 e. The van der Waals surface area contributed by atoms with Crippen molar-refractivity contribution in [2.24, 2.45) is 0 Å². The average Bonchev–Trinajstić information content (AvgIpc) is 3.11. The molecule has 2 aromatic rings. The molecular formula is C18H18N4O7S. The lowest BCUT2D eigenvalue weighted by molar-refractivity contribution is -0.404. The summed E-state index contributed by atoms with van der Waals surface area (Å²) in [4.78, 5) is 31.9. The van der Waals surface area contributed by atoms with Gasteiger partial charge in [-0.1, -0.05) is 11.6 Å². The quantitative estimate of drug-likeness (QED) is 0.430. The summed E-state index contributed by atoms with van der Waals surface area (Å²) < 4.78 is 0. The van der Waals surface area contributed by atoms with Crippen molar-refractivity contribution < 1.29 is 19.9 Å². The van der Waals surface area contributed by atoms with Crippen molar-refractivity contribution in [2.45, 2.75) is 31.8 Å². The van der Waals surface area contributed by atoms with Crippen LogP contribution in [0.3, 0.4) is 0 Å². The molecule has 0 saturated carbocycles. The van der Waals surface area contributed by atoms with Gasteiger partial charge in [-0.25, -0.2) is 0 Å². The van der Waals surface area contributed by atoms with Crippen LogP contribution in [0.2, 0.25) is 0 Å². The van der Waals surface area contributed by atoms with Crippen LogP contribution in [0.5, 0.6) is 5.75 Å². The molecule has 3 heterocycles. The Morgan fingerprint density at radius 1 is 1.07 bits per heavy atom. The first kappa shape index (κ1) is 21.3. The molecule has 0 spiro atoms. The highest BCUT2D eigenvalue weighted by Crippen LogP contribution is 2.42. The molecule has 2 atom stereocenters. The molecule has 0 fully saturated rings. The zero-order chi connectivity index (χ0) is 22.2. The Morgan fingerprint density at radius 2 is 1.67 bits per heavy atom. The van der Waals surface area contributed by atoms with Crippen LogP contribution in [-0.2, 0) is 6.42 Å². The molecule has 30 heavy (non-hydrogen) atoms. The number of nitrogens with zero attached hydrogens (tertiary/aromatic N) is 4. The van der Waals surface area contributed by atoms with Crippen LogP contribution < -0.4 is 0 Å². The summed E-state index contributed by atoms with van der Waals surface area (Å²) in [5.74, 6) is -1.21. The van der Waals surface area contributed by atoms with Gasteiger partial charge in [0.15, 0.2) is 0 Å². The van der Waals surface area contributed by atoms with E-state index in [1.165, 1.54) is 12.8 Å². The van der Waals surface area contributed by atoms with Crippen molar-refractivity contribution >= 4 is 28.4 Å². The fourth-order valence-electron chi connectivity index (χ4n) is 3.68. The third-order valence-corrected chi connectivity index (χ3v) is 6.24. The molecule has 1 N–H and O–H groups in total. The highest BCUT2D eigenvalue weighted by Gasteiger charge is 2.34. The third-order valence-electron chi connectivity index (χ3n) is 5.18. The van der Waals surface area contributed by atoms with Crippen molar-refractivity contribution in [1.82, 2.24) is 4.90 Å². The molecular weight excluding hydrogens is 416 g/mol. The molecule has 158 valence electrons. The lowest BCUT2D eigenvalue weighted by Gasteiger charge is -2.42. The van der Waals surface area contributed by atoms with Crippen LogP contribution in [0, 0.1) is 30.3 Å². The summed E-state index contributed by atoms with van der Waals surface area (Å²) in [5, 5.41) is 42.5. The number of likely N-dealkylation sites (N-methyl/N-ethyl adjacent to an activating group) is 1. The first-order valence-electron chi connectivity index (χ1n) is 8.85. The molecule has 0 aliphatic carbocycles.